The van der Waals surface area contributed by atoms with Crippen molar-refractivity contribution in [2.24, 2.45) is 5.92 Å². The summed E-state index contributed by atoms with van der Waals surface area (Å²) in [6.45, 7) is 6.03. The van der Waals surface area contributed by atoms with E-state index in [9.17, 15) is 14.4 Å². The normalized spacial score (nSPS) is 14.4. The third-order valence-electron chi connectivity index (χ3n) is 4.45. The predicted octanol–water partition coefficient (Wildman–Crippen LogP) is 3.35. The molecule has 2 rings (SSSR count). The lowest BCUT2D eigenvalue weighted by atomic mass is 10.1. The van der Waals surface area contributed by atoms with E-state index in [0.717, 1.165) is 31.2 Å². The fourth-order valence-corrected chi connectivity index (χ4v) is 3.04. The Morgan fingerprint density at radius 3 is 2.29 bits per heavy atom. The predicted molar refractivity (Wildman–Crippen MR) is 108 cm³/mol. The van der Waals surface area contributed by atoms with Crippen molar-refractivity contribution >= 4 is 23.6 Å². The number of amides is 3. The third-order valence-corrected chi connectivity index (χ3v) is 4.45. The second kappa shape index (κ2) is 10.1. The van der Waals surface area contributed by atoms with Gasteiger partial charge in [-0.2, -0.15) is 0 Å². The fourth-order valence-electron chi connectivity index (χ4n) is 3.04. The van der Waals surface area contributed by atoms with Gasteiger partial charge in [-0.05, 0) is 51.3 Å². The van der Waals surface area contributed by atoms with Gasteiger partial charge in [0.15, 0.2) is 0 Å². The van der Waals surface area contributed by atoms with Crippen LogP contribution in [0.2, 0.25) is 0 Å². The van der Waals surface area contributed by atoms with Crippen LogP contribution in [0, 0.1) is 5.92 Å². The average Bonchev–Trinajstić information content (AvgIpc) is 3.14. The number of nitrogens with one attached hydrogen (secondary N) is 3. The number of anilines is 1. The molecule has 1 saturated carbocycles. The molecule has 7 heteroatoms. The summed E-state index contributed by atoms with van der Waals surface area (Å²) in [4.78, 5) is 35.5. The van der Waals surface area contributed by atoms with E-state index < -0.39 is 11.7 Å². The standard InChI is InChI=1S/C21H31N3O4/c1-21(2,3)28-20(27)22-13-12-18(25)24-17-10-8-15(9-11-17)14-23-19(26)16-6-4-5-7-16/h8-11,16H,4-7,12-14H2,1-3H3,(H,22,27)(H,23,26)(H,24,25). The average molecular weight is 389 g/mol. The van der Waals surface area contributed by atoms with Crippen LogP contribution in [-0.4, -0.2) is 30.1 Å². The molecule has 0 radical (unpaired) electrons. The summed E-state index contributed by atoms with van der Waals surface area (Å²) in [6.07, 6.45) is 3.86. The quantitative estimate of drug-likeness (QED) is 0.666. The maximum Gasteiger partial charge on any atom is 0.407 e. The molecule has 0 heterocycles. The van der Waals surface area contributed by atoms with Crippen molar-refractivity contribution in [2.75, 3.05) is 11.9 Å². The number of hydrogen-bond donors (Lipinski definition) is 3. The van der Waals surface area contributed by atoms with Crippen LogP contribution in [-0.2, 0) is 20.9 Å². The summed E-state index contributed by atoms with van der Waals surface area (Å²) in [5.74, 6) is 0.0959. The maximum absolute atomic E-state index is 12.0. The van der Waals surface area contributed by atoms with Gasteiger partial charge in [0.25, 0.3) is 0 Å². The van der Waals surface area contributed by atoms with E-state index in [1.54, 1.807) is 32.9 Å². The van der Waals surface area contributed by atoms with E-state index in [1.807, 2.05) is 12.1 Å². The zero-order valence-electron chi connectivity index (χ0n) is 17.0. The minimum absolute atomic E-state index is 0.132. The van der Waals surface area contributed by atoms with Crippen LogP contribution in [0.1, 0.15) is 58.4 Å². The maximum atomic E-state index is 12.0. The molecule has 1 fully saturated rings. The molecule has 0 bridgehead atoms. The molecule has 0 atom stereocenters. The highest BCUT2D eigenvalue weighted by Crippen LogP contribution is 2.24. The minimum atomic E-state index is -0.565. The largest absolute Gasteiger partial charge is 0.444 e. The van der Waals surface area contributed by atoms with Gasteiger partial charge in [0.05, 0.1) is 0 Å². The molecule has 0 unspecified atom stereocenters. The zero-order chi connectivity index (χ0) is 20.6. The first-order valence-corrected chi connectivity index (χ1v) is 9.86. The number of hydrogen-bond acceptors (Lipinski definition) is 4. The molecule has 1 aliphatic rings. The van der Waals surface area contributed by atoms with Gasteiger partial charge in [-0.25, -0.2) is 4.79 Å². The first-order valence-electron chi connectivity index (χ1n) is 9.86. The Morgan fingerprint density at radius 1 is 1.04 bits per heavy atom. The second-order valence-corrected chi connectivity index (χ2v) is 8.12. The Hall–Kier alpha value is -2.57. The van der Waals surface area contributed by atoms with Crippen LogP contribution >= 0.6 is 0 Å². The minimum Gasteiger partial charge on any atom is -0.444 e. The summed E-state index contributed by atoms with van der Waals surface area (Å²) in [5, 5.41) is 8.31. The van der Waals surface area contributed by atoms with Gasteiger partial charge < -0.3 is 20.7 Å². The number of ether oxygens (including phenoxy) is 1. The number of alkyl carbamates (subject to hydrolysis) is 1. The molecular weight excluding hydrogens is 358 g/mol. The molecule has 3 N–H and O–H groups in total. The summed E-state index contributed by atoms with van der Waals surface area (Å²) >= 11 is 0. The van der Waals surface area contributed by atoms with Crippen molar-refractivity contribution in [3.05, 3.63) is 29.8 Å². The van der Waals surface area contributed by atoms with Crippen LogP contribution in [0.5, 0.6) is 0 Å². The SMILES string of the molecule is CC(C)(C)OC(=O)NCCC(=O)Nc1ccc(CNC(=O)C2CCCC2)cc1. The van der Waals surface area contributed by atoms with Gasteiger partial charge in [-0.3, -0.25) is 9.59 Å². The lowest BCUT2D eigenvalue weighted by molar-refractivity contribution is -0.125. The molecule has 1 aliphatic carbocycles. The molecule has 7 nitrogen and oxygen atoms in total. The first-order chi connectivity index (χ1) is 13.2. The van der Waals surface area contributed by atoms with Crippen LogP contribution in [0.3, 0.4) is 0 Å². The molecule has 0 saturated heterocycles. The summed E-state index contributed by atoms with van der Waals surface area (Å²) in [5.41, 5.74) is 1.09. The molecule has 3 amide bonds. The van der Waals surface area contributed by atoms with E-state index in [4.69, 9.17) is 4.74 Å². The van der Waals surface area contributed by atoms with E-state index in [0.29, 0.717) is 12.2 Å². The van der Waals surface area contributed by atoms with Crippen molar-refractivity contribution in [1.82, 2.24) is 10.6 Å². The molecule has 1 aromatic carbocycles. The highest BCUT2D eigenvalue weighted by atomic mass is 16.6. The molecular formula is C21H31N3O4. The monoisotopic (exact) mass is 389 g/mol. The van der Waals surface area contributed by atoms with Gasteiger partial charge in [-0.15, -0.1) is 0 Å². The Kier molecular flexibility index (Phi) is 7.84. The smallest absolute Gasteiger partial charge is 0.407 e. The van der Waals surface area contributed by atoms with E-state index in [1.165, 1.54) is 0 Å². The molecule has 154 valence electrons. The molecule has 0 spiro atoms. The van der Waals surface area contributed by atoms with Crippen LogP contribution in [0.4, 0.5) is 10.5 Å². The van der Waals surface area contributed by atoms with E-state index in [-0.39, 0.29) is 30.7 Å². The Morgan fingerprint density at radius 2 is 1.68 bits per heavy atom. The highest BCUT2D eigenvalue weighted by molar-refractivity contribution is 5.91. The van der Waals surface area contributed by atoms with Crippen molar-refractivity contribution in [1.29, 1.82) is 0 Å². The van der Waals surface area contributed by atoms with Gasteiger partial charge in [-0.1, -0.05) is 25.0 Å². The van der Waals surface area contributed by atoms with Crippen molar-refractivity contribution in [3.8, 4) is 0 Å². The Bertz CT molecular complexity index is 674. The fraction of sp³-hybridized carbons (Fsp3) is 0.571. The van der Waals surface area contributed by atoms with E-state index in [2.05, 4.69) is 16.0 Å². The van der Waals surface area contributed by atoms with Crippen LogP contribution in [0.15, 0.2) is 24.3 Å². The molecule has 0 aromatic heterocycles. The Labute approximate surface area is 166 Å². The van der Waals surface area contributed by atoms with Crippen molar-refractivity contribution in [3.63, 3.8) is 0 Å². The molecule has 1 aromatic rings. The van der Waals surface area contributed by atoms with Gasteiger partial charge in [0, 0.05) is 31.1 Å². The number of benzene rings is 1. The lowest BCUT2D eigenvalue weighted by Gasteiger charge is -2.19. The van der Waals surface area contributed by atoms with Crippen molar-refractivity contribution in [2.45, 2.75) is 65.0 Å². The first kappa shape index (κ1) is 21.7. The lowest BCUT2D eigenvalue weighted by Crippen LogP contribution is -2.34. The third kappa shape index (κ3) is 7.98. The van der Waals surface area contributed by atoms with Gasteiger partial charge >= 0.3 is 6.09 Å². The van der Waals surface area contributed by atoms with Crippen molar-refractivity contribution < 1.29 is 19.1 Å². The number of carbonyl (C=O) groups excluding carboxylic acids is 3. The van der Waals surface area contributed by atoms with Gasteiger partial charge in [0.1, 0.15) is 5.60 Å². The molecule has 0 aliphatic heterocycles. The van der Waals surface area contributed by atoms with Crippen LogP contribution < -0.4 is 16.0 Å². The van der Waals surface area contributed by atoms with Crippen LogP contribution in [0.25, 0.3) is 0 Å². The number of carbonyl (C=O) groups is 3. The summed E-state index contributed by atoms with van der Waals surface area (Å²) in [6, 6.07) is 7.36. The zero-order valence-corrected chi connectivity index (χ0v) is 17.0. The summed E-state index contributed by atoms with van der Waals surface area (Å²) < 4.78 is 5.11. The number of rotatable bonds is 7. The van der Waals surface area contributed by atoms with Gasteiger partial charge in [0.2, 0.25) is 11.8 Å². The Balaban J connectivity index is 1.67. The molecule has 28 heavy (non-hydrogen) atoms. The summed E-state index contributed by atoms with van der Waals surface area (Å²) in [7, 11) is 0. The van der Waals surface area contributed by atoms with E-state index >= 15 is 0 Å². The highest BCUT2D eigenvalue weighted by Gasteiger charge is 2.22. The topological polar surface area (TPSA) is 96.5 Å². The second-order valence-electron chi connectivity index (χ2n) is 8.12.